The first-order chi connectivity index (χ1) is 17.2. The fourth-order valence-electron chi connectivity index (χ4n) is 3.07. The number of halogens is 3. The van der Waals surface area contributed by atoms with Crippen LogP contribution in [-0.2, 0) is 16.1 Å². The zero-order chi connectivity index (χ0) is 26.2. The standard InChI is InChI=1S/C26H19Cl3N2O5/c1-34-23-11-15(10-22(29)24(23)36-14-17-3-6-19(27)12-21(17)28)9-18(13-30)25(32)31-20-7-4-16(5-8-20)26(33)35-2/h3-12H,14H2,1-2H3,(H,31,32)/b18-9+. The quantitative estimate of drug-likeness (QED) is 0.195. The highest BCUT2D eigenvalue weighted by Crippen LogP contribution is 2.38. The molecule has 0 saturated carbocycles. The van der Waals surface area contributed by atoms with Crippen LogP contribution in [0.5, 0.6) is 11.5 Å². The van der Waals surface area contributed by atoms with Gasteiger partial charge in [0.2, 0.25) is 0 Å². The van der Waals surface area contributed by atoms with Gasteiger partial charge in [0.1, 0.15) is 18.2 Å². The number of nitrogens with zero attached hydrogens (tertiary/aromatic N) is 1. The molecule has 0 atom stereocenters. The topological polar surface area (TPSA) is 97.7 Å². The van der Waals surface area contributed by atoms with E-state index in [2.05, 4.69) is 10.1 Å². The minimum Gasteiger partial charge on any atom is -0.493 e. The van der Waals surface area contributed by atoms with Gasteiger partial charge in [0, 0.05) is 21.3 Å². The molecule has 10 heteroatoms. The van der Waals surface area contributed by atoms with Gasteiger partial charge in [0.05, 0.1) is 24.8 Å². The van der Waals surface area contributed by atoms with Gasteiger partial charge >= 0.3 is 5.97 Å². The second-order valence-corrected chi connectivity index (χ2v) is 8.50. The first-order valence-electron chi connectivity index (χ1n) is 10.3. The number of carbonyl (C=O) groups excluding carboxylic acids is 2. The lowest BCUT2D eigenvalue weighted by molar-refractivity contribution is -0.112. The van der Waals surface area contributed by atoms with E-state index < -0.39 is 11.9 Å². The zero-order valence-electron chi connectivity index (χ0n) is 19.1. The zero-order valence-corrected chi connectivity index (χ0v) is 21.4. The average Bonchev–Trinajstić information content (AvgIpc) is 2.87. The van der Waals surface area contributed by atoms with E-state index >= 15 is 0 Å². The molecule has 0 spiro atoms. The molecule has 0 heterocycles. The maximum absolute atomic E-state index is 12.6. The van der Waals surface area contributed by atoms with Crippen molar-refractivity contribution in [1.82, 2.24) is 0 Å². The summed E-state index contributed by atoms with van der Waals surface area (Å²) < 4.78 is 15.9. The number of carbonyl (C=O) groups is 2. The van der Waals surface area contributed by atoms with Gasteiger partial charge in [0.25, 0.3) is 5.91 Å². The van der Waals surface area contributed by atoms with Crippen LogP contribution in [0.15, 0.2) is 60.2 Å². The van der Waals surface area contributed by atoms with Crippen LogP contribution < -0.4 is 14.8 Å². The Morgan fingerprint density at radius 3 is 2.33 bits per heavy atom. The van der Waals surface area contributed by atoms with Gasteiger partial charge in [-0.05, 0) is 60.2 Å². The van der Waals surface area contributed by atoms with E-state index in [-0.39, 0.29) is 23.0 Å². The van der Waals surface area contributed by atoms with Crippen molar-refractivity contribution < 1.29 is 23.8 Å². The molecule has 3 rings (SSSR count). The second kappa shape index (κ2) is 12.3. The van der Waals surface area contributed by atoms with E-state index in [4.69, 9.17) is 44.3 Å². The maximum atomic E-state index is 12.6. The third kappa shape index (κ3) is 6.70. The molecule has 7 nitrogen and oxygen atoms in total. The Balaban J connectivity index is 1.79. The third-order valence-corrected chi connectivity index (χ3v) is 5.75. The van der Waals surface area contributed by atoms with Gasteiger partial charge in [0.15, 0.2) is 11.5 Å². The summed E-state index contributed by atoms with van der Waals surface area (Å²) in [6.45, 7) is 0.113. The van der Waals surface area contributed by atoms with Gasteiger partial charge < -0.3 is 19.5 Å². The van der Waals surface area contributed by atoms with E-state index in [0.717, 1.165) is 0 Å². The Labute approximate surface area is 222 Å². The van der Waals surface area contributed by atoms with Crippen LogP contribution in [-0.4, -0.2) is 26.1 Å². The number of methoxy groups -OCH3 is 2. The summed E-state index contributed by atoms with van der Waals surface area (Å²) in [4.78, 5) is 24.2. The van der Waals surface area contributed by atoms with Crippen molar-refractivity contribution in [3.63, 3.8) is 0 Å². The monoisotopic (exact) mass is 544 g/mol. The van der Waals surface area contributed by atoms with E-state index in [0.29, 0.717) is 38.2 Å². The minimum absolute atomic E-state index is 0.113. The van der Waals surface area contributed by atoms with Gasteiger partial charge in [-0.25, -0.2) is 4.79 Å². The van der Waals surface area contributed by atoms with Crippen molar-refractivity contribution in [1.29, 1.82) is 5.26 Å². The molecule has 0 saturated heterocycles. The van der Waals surface area contributed by atoms with E-state index in [1.807, 2.05) is 6.07 Å². The van der Waals surface area contributed by atoms with Crippen LogP contribution in [0.25, 0.3) is 6.08 Å². The van der Waals surface area contributed by atoms with Crippen molar-refractivity contribution in [3.05, 3.63) is 91.9 Å². The molecule has 0 bridgehead atoms. The Morgan fingerprint density at radius 1 is 1.00 bits per heavy atom. The second-order valence-electron chi connectivity index (χ2n) is 7.25. The SMILES string of the molecule is COC(=O)c1ccc(NC(=O)/C(C#N)=C/c2cc(Cl)c(OCc3ccc(Cl)cc3Cl)c(OC)c2)cc1. The summed E-state index contributed by atoms with van der Waals surface area (Å²) in [7, 11) is 2.72. The van der Waals surface area contributed by atoms with Crippen molar-refractivity contribution in [2.24, 2.45) is 0 Å². The third-order valence-electron chi connectivity index (χ3n) is 4.88. The maximum Gasteiger partial charge on any atom is 0.337 e. The lowest BCUT2D eigenvalue weighted by Gasteiger charge is -2.14. The normalized spacial score (nSPS) is 10.8. The van der Waals surface area contributed by atoms with Gasteiger partial charge in [-0.3, -0.25) is 4.79 Å². The number of amides is 1. The minimum atomic E-state index is -0.642. The number of ether oxygens (including phenoxy) is 3. The van der Waals surface area contributed by atoms with E-state index in [1.165, 1.54) is 44.6 Å². The Kier molecular flexibility index (Phi) is 9.20. The largest absolute Gasteiger partial charge is 0.493 e. The number of esters is 1. The van der Waals surface area contributed by atoms with E-state index in [1.54, 1.807) is 30.3 Å². The Morgan fingerprint density at radius 2 is 1.72 bits per heavy atom. The summed E-state index contributed by atoms with van der Waals surface area (Å²) >= 11 is 18.5. The van der Waals surface area contributed by atoms with Gasteiger partial charge in [-0.15, -0.1) is 0 Å². The molecule has 0 aromatic heterocycles. The molecule has 0 aliphatic heterocycles. The number of rotatable bonds is 8. The summed E-state index contributed by atoms with van der Waals surface area (Å²) in [5.41, 5.74) is 1.70. The molecule has 1 N–H and O–H groups in total. The molecular weight excluding hydrogens is 527 g/mol. The lowest BCUT2D eigenvalue weighted by Crippen LogP contribution is -2.13. The highest BCUT2D eigenvalue weighted by atomic mass is 35.5. The summed E-state index contributed by atoms with van der Waals surface area (Å²) in [6.07, 6.45) is 1.37. The average molecular weight is 546 g/mol. The molecule has 0 fully saturated rings. The van der Waals surface area contributed by atoms with Crippen molar-refractivity contribution in [2.45, 2.75) is 6.61 Å². The highest BCUT2D eigenvalue weighted by molar-refractivity contribution is 6.35. The first-order valence-corrected chi connectivity index (χ1v) is 11.4. The fourth-order valence-corrected chi connectivity index (χ4v) is 3.81. The predicted octanol–water partition coefficient (Wildman–Crippen LogP) is 6.57. The number of nitriles is 1. The summed E-state index contributed by atoms with van der Waals surface area (Å²) in [5, 5.41) is 13.3. The van der Waals surface area contributed by atoms with Crippen molar-refractivity contribution in [3.8, 4) is 17.6 Å². The van der Waals surface area contributed by atoms with Gasteiger partial charge in [-0.2, -0.15) is 5.26 Å². The first kappa shape index (κ1) is 26.9. The number of hydrogen-bond donors (Lipinski definition) is 1. The molecule has 0 radical (unpaired) electrons. The number of nitrogens with one attached hydrogen (secondary N) is 1. The van der Waals surface area contributed by atoms with Crippen LogP contribution in [0.3, 0.4) is 0 Å². The molecule has 36 heavy (non-hydrogen) atoms. The molecular formula is C26H19Cl3N2O5. The molecule has 184 valence electrons. The number of hydrogen-bond acceptors (Lipinski definition) is 6. The van der Waals surface area contributed by atoms with Crippen LogP contribution in [0.2, 0.25) is 15.1 Å². The van der Waals surface area contributed by atoms with Crippen LogP contribution in [0.1, 0.15) is 21.5 Å². The smallest absolute Gasteiger partial charge is 0.337 e. The fraction of sp³-hybridized carbons (Fsp3) is 0.115. The lowest BCUT2D eigenvalue weighted by atomic mass is 10.1. The molecule has 0 unspecified atom stereocenters. The molecule has 3 aromatic rings. The predicted molar refractivity (Wildman–Crippen MR) is 139 cm³/mol. The van der Waals surface area contributed by atoms with Crippen LogP contribution >= 0.6 is 34.8 Å². The molecule has 3 aromatic carbocycles. The highest BCUT2D eigenvalue weighted by Gasteiger charge is 2.15. The van der Waals surface area contributed by atoms with Crippen LogP contribution in [0, 0.1) is 11.3 Å². The van der Waals surface area contributed by atoms with Gasteiger partial charge in [-0.1, -0.05) is 40.9 Å². The molecule has 1 amide bonds. The summed E-state index contributed by atoms with van der Waals surface area (Å²) in [5.74, 6) is -0.568. The number of anilines is 1. The van der Waals surface area contributed by atoms with E-state index in [9.17, 15) is 14.9 Å². The Hall–Kier alpha value is -3.70. The Bertz CT molecular complexity index is 1370. The molecule has 0 aliphatic carbocycles. The van der Waals surface area contributed by atoms with Crippen molar-refractivity contribution in [2.75, 3.05) is 19.5 Å². The van der Waals surface area contributed by atoms with Crippen LogP contribution in [0.4, 0.5) is 5.69 Å². The van der Waals surface area contributed by atoms with Crippen molar-refractivity contribution >= 4 is 58.4 Å². The molecule has 0 aliphatic rings. The number of benzene rings is 3. The summed E-state index contributed by atoms with van der Waals surface area (Å²) in [6, 6.07) is 16.1.